The molecule has 1 amide bonds. The van der Waals surface area contributed by atoms with E-state index in [1.54, 1.807) is 12.1 Å². The van der Waals surface area contributed by atoms with Crippen LogP contribution in [0.3, 0.4) is 0 Å². The van der Waals surface area contributed by atoms with Crippen molar-refractivity contribution in [3.05, 3.63) is 58.1 Å². The summed E-state index contributed by atoms with van der Waals surface area (Å²) in [6, 6.07) is 5.93. The molecule has 0 fully saturated rings. The Hall–Kier alpha value is -2.91. The van der Waals surface area contributed by atoms with Crippen LogP contribution in [-0.4, -0.2) is 27.6 Å². The number of hydrogen-bond donors (Lipinski definition) is 3. The molecule has 6 heteroatoms. The number of nitrogens with zero attached hydrogens (tertiary/aromatic N) is 1. The van der Waals surface area contributed by atoms with Crippen LogP contribution in [-0.2, 0) is 0 Å². The number of nitrogens with one attached hydrogen (secondary N) is 2. The molecular formula is C14H11N3O3. The van der Waals surface area contributed by atoms with Gasteiger partial charge in [0.05, 0.1) is 0 Å². The smallest absolute Gasteiger partial charge is 0.257 e. The number of anilines is 1. The standard InChI is InChI=1S/C14H11N3O3/c18-7-1-2-10-3-5-15-12(8-10)17-14(20)11-4-6-16-13(19)9-11/h3-6,8-9,18H,7H2,(H,16,19)(H,15,17,20). The number of aliphatic hydroxyl groups excluding tert-OH is 1. The molecule has 0 radical (unpaired) electrons. The first-order chi connectivity index (χ1) is 9.69. The molecule has 0 saturated carbocycles. The van der Waals surface area contributed by atoms with Crippen LogP contribution in [0.25, 0.3) is 0 Å². The second-order valence-electron chi connectivity index (χ2n) is 3.79. The van der Waals surface area contributed by atoms with Gasteiger partial charge in [0.2, 0.25) is 5.56 Å². The molecule has 2 aromatic heterocycles. The Bertz CT molecular complexity index is 741. The highest BCUT2D eigenvalue weighted by Gasteiger charge is 2.07. The van der Waals surface area contributed by atoms with E-state index in [1.165, 1.54) is 24.5 Å². The maximum absolute atomic E-state index is 11.9. The molecule has 2 rings (SSSR count). The van der Waals surface area contributed by atoms with Crippen molar-refractivity contribution in [1.29, 1.82) is 0 Å². The highest BCUT2D eigenvalue weighted by atomic mass is 16.2. The Morgan fingerprint density at radius 1 is 1.40 bits per heavy atom. The fraction of sp³-hybridized carbons (Fsp3) is 0.0714. The predicted octanol–water partition coefficient (Wildman–Crippen LogP) is 0.366. The third-order valence-electron chi connectivity index (χ3n) is 2.35. The van der Waals surface area contributed by atoms with Gasteiger partial charge < -0.3 is 15.4 Å². The van der Waals surface area contributed by atoms with Crippen LogP contribution >= 0.6 is 0 Å². The molecule has 0 aliphatic rings. The van der Waals surface area contributed by atoms with Gasteiger partial charge in [-0.05, 0) is 18.2 Å². The molecule has 0 aromatic carbocycles. The van der Waals surface area contributed by atoms with Gasteiger partial charge in [0.1, 0.15) is 12.4 Å². The lowest BCUT2D eigenvalue weighted by Crippen LogP contribution is -2.16. The van der Waals surface area contributed by atoms with Crippen molar-refractivity contribution in [3.8, 4) is 11.8 Å². The van der Waals surface area contributed by atoms with Crippen molar-refractivity contribution in [3.63, 3.8) is 0 Å². The van der Waals surface area contributed by atoms with Crippen LogP contribution in [0.5, 0.6) is 0 Å². The molecule has 20 heavy (non-hydrogen) atoms. The summed E-state index contributed by atoms with van der Waals surface area (Å²) >= 11 is 0. The van der Waals surface area contributed by atoms with E-state index in [-0.39, 0.29) is 17.7 Å². The first kappa shape index (κ1) is 13.5. The van der Waals surface area contributed by atoms with E-state index >= 15 is 0 Å². The van der Waals surface area contributed by atoms with Gasteiger partial charge in [-0.15, -0.1) is 0 Å². The SMILES string of the molecule is O=C(Nc1cc(C#CCO)ccn1)c1cc[nH]c(=O)c1. The average Bonchev–Trinajstić information content (AvgIpc) is 2.45. The Labute approximate surface area is 114 Å². The van der Waals surface area contributed by atoms with Gasteiger partial charge in [-0.2, -0.15) is 0 Å². The molecule has 0 aliphatic carbocycles. The summed E-state index contributed by atoms with van der Waals surface area (Å²) in [5, 5.41) is 11.2. The molecule has 0 saturated heterocycles. The number of carbonyl (C=O) groups is 1. The molecule has 0 atom stereocenters. The quantitative estimate of drug-likeness (QED) is 0.686. The van der Waals surface area contributed by atoms with Gasteiger partial charge in [0, 0.05) is 29.6 Å². The molecule has 0 bridgehead atoms. The summed E-state index contributed by atoms with van der Waals surface area (Å²) in [4.78, 5) is 29.5. The third kappa shape index (κ3) is 3.54. The fourth-order valence-electron chi connectivity index (χ4n) is 1.49. The highest BCUT2D eigenvalue weighted by Crippen LogP contribution is 2.07. The van der Waals surface area contributed by atoms with E-state index in [2.05, 4.69) is 27.1 Å². The first-order valence-electron chi connectivity index (χ1n) is 5.75. The zero-order chi connectivity index (χ0) is 14.4. The Kier molecular flexibility index (Phi) is 4.27. The normalized spacial score (nSPS) is 9.45. The van der Waals surface area contributed by atoms with Crippen molar-refractivity contribution < 1.29 is 9.90 Å². The number of hydrogen-bond acceptors (Lipinski definition) is 4. The number of carbonyl (C=O) groups excluding carboxylic acids is 1. The largest absolute Gasteiger partial charge is 0.384 e. The van der Waals surface area contributed by atoms with Crippen molar-refractivity contribution in [2.75, 3.05) is 11.9 Å². The maximum Gasteiger partial charge on any atom is 0.257 e. The first-order valence-corrected chi connectivity index (χ1v) is 5.75. The van der Waals surface area contributed by atoms with Crippen molar-refractivity contribution >= 4 is 11.7 Å². The Balaban J connectivity index is 2.17. The topological polar surface area (TPSA) is 95.1 Å². The maximum atomic E-state index is 11.9. The molecule has 2 aromatic rings. The van der Waals surface area contributed by atoms with E-state index < -0.39 is 5.91 Å². The van der Waals surface area contributed by atoms with E-state index in [0.717, 1.165) is 0 Å². The van der Waals surface area contributed by atoms with Gasteiger partial charge >= 0.3 is 0 Å². The number of aromatic amines is 1. The lowest BCUT2D eigenvalue weighted by molar-refractivity contribution is 0.102. The average molecular weight is 269 g/mol. The second-order valence-corrected chi connectivity index (χ2v) is 3.79. The predicted molar refractivity (Wildman–Crippen MR) is 73.2 cm³/mol. The number of rotatable bonds is 2. The number of amides is 1. The lowest BCUT2D eigenvalue weighted by atomic mass is 10.2. The minimum atomic E-state index is -0.434. The monoisotopic (exact) mass is 269 g/mol. The molecule has 100 valence electrons. The van der Waals surface area contributed by atoms with Gasteiger partial charge in [-0.1, -0.05) is 11.8 Å². The third-order valence-corrected chi connectivity index (χ3v) is 2.35. The molecule has 0 aliphatic heterocycles. The van der Waals surface area contributed by atoms with E-state index in [4.69, 9.17) is 5.11 Å². The molecule has 3 N–H and O–H groups in total. The molecule has 0 spiro atoms. The van der Waals surface area contributed by atoms with Gasteiger partial charge in [0.25, 0.3) is 5.91 Å². The van der Waals surface area contributed by atoms with Gasteiger partial charge in [0.15, 0.2) is 0 Å². The van der Waals surface area contributed by atoms with Crippen LogP contribution in [0, 0.1) is 11.8 Å². The number of aliphatic hydroxyl groups is 1. The van der Waals surface area contributed by atoms with Crippen LogP contribution in [0.15, 0.2) is 41.5 Å². The fourth-order valence-corrected chi connectivity index (χ4v) is 1.49. The molecule has 2 heterocycles. The zero-order valence-corrected chi connectivity index (χ0v) is 10.4. The number of H-pyrrole nitrogens is 1. The number of pyridine rings is 2. The van der Waals surface area contributed by atoms with Gasteiger partial charge in [-0.25, -0.2) is 4.98 Å². The van der Waals surface area contributed by atoms with E-state index in [0.29, 0.717) is 11.4 Å². The summed E-state index contributed by atoms with van der Waals surface area (Å²) in [6.07, 6.45) is 2.89. The van der Waals surface area contributed by atoms with E-state index in [1.807, 2.05) is 0 Å². The Morgan fingerprint density at radius 2 is 2.25 bits per heavy atom. The lowest BCUT2D eigenvalue weighted by Gasteiger charge is -2.04. The zero-order valence-electron chi connectivity index (χ0n) is 10.4. The van der Waals surface area contributed by atoms with Crippen molar-refractivity contribution in [2.24, 2.45) is 0 Å². The second kappa shape index (κ2) is 6.31. The Morgan fingerprint density at radius 3 is 3.00 bits per heavy atom. The van der Waals surface area contributed by atoms with Crippen LogP contribution < -0.4 is 10.9 Å². The summed E-state index contributed by atoms with van der Waals surface area (Å²) in [7, 11) is 0. The summed E-state index contributed by atoms with van der Waals surface area (Å²) in [6.45, 7) is -0.239. The summed E-state index contributed by atoms with van der Waals surface area (Å²) < 4.78 is 0. The highest BCUT2D eigenvalue weighted by molar-refractivity contribution is 6.03. The molecular weight excluding hydrogens is 258 g/mol. The van der Waals surface area contributed by atoms with Crippen LogP contribution in [0.1, 0.15) is 15.9 Å². The van der Waals surface area contributed by atoms with Crippen molar-refractivity contribution in [1.82, 2.24) is 9.97 Å². The summed E-state index contributed by atoms with van der Waals surface area (Å²) in [5.74, 6) is 5.10. The van der Waals surface area contributed by atoms with Crippen molar-refractivity contribution in [2.45, 2.75) is 0 Å². The van der Waals surface area contributed by atoms with Gasteiger partial charge in [-0.3, -0.25) is 9.59 Å². The molecule has 6 nitrogen and oxygen atoms in total. The van der Waals surface area contributed by atoms with E-state index in [9.17, 15) is 9.59 Å². The van der Waals surface area contributed by atoms with Crippen LogP contribution in [0.2, 0.25) is 0 Å². The summed E-state index contributed by atoms with van der Waals surface area (Å²) in [5.41, 5.74) is 0.505. The van der Waals surface area contributed by atoms with Crippen LogP contribution in [0.4, 0.5) is 5.82 Å². The number of aromatic nitrogens is 2. The molecule has 0 unspecified atom stereocenters. The minimum Gasteiger partial charge on any atom is -0.384 e. The minimum absolute atomic E-state index is 0.238.